The lowest BCUT2D eigenvalue weighted by molar-refractivity contribution is -0.130. The van der Waals surface area contributed by atoms with Gasteiger partial charge >= 0.3 is 0 Å². The summed E-state index contributed by atoms with van der Waals surface area (Å²) >= 11 is 0. The summed E-state index contributed by atoms with van der Waals surface area (Å²) in [4.78, 5) is 35.1. The van der Waals surface area contributed by atoms with Crippen LogP contribution in [-0.2, 0) is 22.7 Å². The third-order valence-corrected chi connectivity index (χ3v) is 5.60. The predicted octanol–water partition coefficient (Wildman–Crippen LogP) is 2.69. The fraction of sp³-hybridized carbons (Fsp3) is 0.364. The van der Waals surface area contributed by atoms with Crippen LogP contribution in [0.4, 0.5) is 5.95 Å². The van der Waals surface area contributed by atoms with Gasteiger partial charge in [-0.1, -0.05) is 18.7 Å². The summed E-state index contributed by atoms with van der Waals surface area (Å²) in [6.07, 6.45) is 9.02. The molecule has 0 spiro atoms. The Kier molecular flexibility index (Phi) is 5.92. The van der Waals surface area contributed by atoms with E-state index in [1.165, 1.54) is 6.08 Å². The zero-order chi connectivity index (χ0) is 20.9. The number of aryl methyl sites for hydroxylation is 2. The Morgan fingerprint density at radius 3 is 2.73 bits per heavy atom. The van der Waals surface area contributed by atoms with Gasteiger partial charge in [0.05, 0.1) is 17.4 Å². The first-order valence-corrected chi connectivity index (χ1v) is 10.3. The first-order valence-electron chi connectivity index (χ1n) is 10.3. The largest absolute Gasteiger partial charge is 0.339 e. The van der Waals surface area contributed by atoms with Crippen molar-refractivity contribution in [3.05, 3.63) is 55.6 Å². The summed E-state index contributed by atoms with van der Waals surface area (Å²) in [6.45, 7) is 6.26. The third kappa shape index (κ3) is 4.27. The number of amides is 2. The molecular formula is C22H26N6O2. The van der Waals surface area contributed by atoms with Gasteiger partial charge < -0.3 is 14.0 Å². The van der Waals surface area contributed by atoms with E-state index in [2.05, 4.69) is 26.4 Å². The van der Waals surface area contributed by atoms with E-state index in [-0.39, 0.29) is 17.7 Å². The normalized spacial score (nSPS) is 14.7. The highest BCUT2D eigenvalue weighted by Gasteiger charge is 2.27. The van der Waals surface area contributed by atoms with Gasteiger partial charge in [0.15, 0.2) is 0 Å². The number of nitrogens with one attached hydrogen (secondary N) is 1. The van der Waals surface area contributed by atoms with E-state index in [1.807, 2.05) is 35.0 Å². The zero-order valence-electron chi connectivity index (χ0n) is 16.9. The van der Waals surface area contributed by atoms with Crippen LogP contribution in [0.25, 0.3) is 11.0 Å². The summed E-state index contributed by atoms with van der Waals surface area (Å²) in [6, 6.07) is 7.91. The average molecular weight is 406 g/mol. The maximum absolute atomic E-state index is 12.9. The number of para-hydroxylation sites is 2. The van der Waals surface area contributed by atoms with E-state index in [0.717, 1.165) is 30.5 Å². The minimum Gasteiger partial charge on any atom is -0.339 e. The molecule has 1 aliphatic heterocycles. The van der Waals surface area contributed by atoms with Crippen LogP contribution >= 0.6 is 0 Å². The second-order valence-electron chi connectivity index (χ2n) is 7.52. The Balaban J connectivity index is 1.44. The number of aromatic nitrogens is 4. The second-order valence-corrected chi connectivity index (χ2v) is 7.52. The molecule has 8 nitrogen and oxygen atoms in total. The fourth-order valence-corrected chi connectivity index (χ4v) is 3.93. The lowest BCUT2D eigenvalue weighted by Crippen LogP contribution is -2.40. The van der Waals surface area contributed by atoms with Crippen molar-refractivity contribution in [1.29, 1.82) is 0 Å². The molecule has 2 aromatic heterocycles. The molecular weight excluding hydrogens is 380 g/mol. The number of fused-ring (bicyclic) bond motifs is 1. The van der Waals surface area contributed by atoms with Crippen molar-refractivity contribution in [2.75, 3.05) is 18.4 Å². The Labute approximate surface area is 175 Å². The Hall–Kier alpha value is -3.42. The second kappa shape index (κ2) is 8.94. The number of piperidine rings is 1. The van der Waals surface area contributed by atoms with Gasteiger partial charge in [0.2, 0.25) is 17.8 Å². The number of rotatable bonds is 7. The van der Waals surface area contributed by atoms with Crippen LogP contribution in [0.1, 0.15) is 19.3 Å². The summed E-state index contributed by atoms with van der Waals surface area (Å²) in [5.41, 5.74) is 1.87. The van der Waals surface area contributed by atoms with E-state index in [1.54, 1.807) is 17.4 Å². The van der Waals surface area contributed by atoms with Gasteiger partial charge in [-0.2, -0.15) is 0 Å². The van der Waals surface area contributed by atoms with Crippen molar-refractivity contribution in [1.82, 2.24) is 24.0 Å². The lowest BCUT2D eigenvalue weighted by Gasteiger charge is -2.30. The topological polar surface area (TPSA) is 85.0 Å². The summed E-state index contributed by atoms with van der Waals surface area (Å²) in [7, 11) is 0. The van der Waals surface area contributed by atoms with Gasteiger partial charge in [0.1, 0.15) is 0 Å². The number of nitrogens with zero attached hydrogens (tertiary/aromatic N) is 5. The molecule has 1 saturated heterocycles. The standard InChI is InChI=1S/C22H26N6O2/c1-2-20(29)27-13-8-17(9-14-27)21(30)25-22-24-18-6-3-4-7-19(18)28(22)12-5-11-26-15-10-23-16-26/h2-4,6-7,10,15-17H,1,5,8-9,11-14H2,(H,24,25,30). The Morgan fingerprint density at radius 1 is 1.20 bits per heavy atom. The Bertz CT molecular complexity index is 1030. The van der Waals surface area contributed by atoms with Crippen molar-refractivity contribution in [3.8, 4) is 0 Å². The molecule has 0 atom stereocenters. The fourth-order valence-electron chi connectivity index (χ4n) is 3.93. The molecule has 1 aromatic carbocycles. The minimum absolute atomic E-state index is 0.0353. The van der Waals surface area contributed by atoms with Crippen molar-refractivity contribution >= 4 is 28.8 Å². The van der Waals surface area contributed by atoms with Gasteiger partial charge in [-0.15, -0.1) is 0 Å². The number of imidazole rings is 2. The molecule has 2 amide bonds. The van der Waals surface area contributed by atoms with Gasteiger partial charge in [0.25, 0.3) is 0 Å². The number of anilines is 1. The zero-order valence-corrected chi connectivity index (χ0v) is 16.9. The summed E-state index contributed by atoms with van der Waals surface area (Å²) in [5.74, 6) is 0.343. The Morgan fingerprint density at radius 2 is 2.00 bits per heavy atom. The van der Waals surface area contributed by atoms with E-state index >= 15 is 0 Å². The highest BCUT2D eigenvalue weighted by atomic mass is 16.2. The third-order valence-electron chi connectivity index (χ3n) is 5.60. The average Bonchev–Trinajstić information content (AvgIpc) is 3.41. The molecule has 0 radical (unpaired) electrons. The van der Waals surface area contributed by atoms with Crippen LogP contribution in [0.3, 0.4) is 0 Å². The number of hydrogen-bond donors (Lipinski definition) is 1. The predicted molar refractivity (Wildman–Crippen MR) is 115 cm³/mol. The van der Waals surface area contributed by atoms with E-state index < -0.39 is 0 Å². The number of likely N-dealkylation sites (tertiary alicyclic amines) is 1. The molecule has 0 saturated carbocycles. The van der Waals surface area contributed by atoms with Crippen LogP contribution in [0, 0.1) is 5.92 Å². The van der Waals surface area contributed by atoms with Crippen LogP contribution in [0.5, 0.6) is 0 Å². The number of benzene rings is 1. The number of carbonyl (C=O) groups excluding carboxylic acids is 2. The maximum atomic E-state index is 12.9. The summed E-state index contributed by atoms with van der Waals surface area (Å²) < 4.78 is 4.11. The maximum Gasteiger partial charge on any atom is 0.245 e. The molecule has 156 valence electrons. The molecule has 3 heterocycles. The monoisotopic (exact) mass is 406 g/mol. The number of hydrogen-bond acceptors (Lipinski definition) is 4. The van der Waals surface area contributed by atoms with Crippen molar-refractivity contribution in [3.63, 3.8) is 0 Å². The minimum atomic E-state index is -0.127. The summed E-state index contributed by atoms with van der Waals surface area (Å²) in [5, 5.41) is 3.04. The van der Waals surface area contributed by atoms with E-state index in [4.69, 9.17) is 0 Å². The van der Waals surface area contributed by atoms with Crippen LogP contribution in [-0.4, -0.2) is 48.9 Å². The smallest absolute Gasteiger partial charge is 0.245 e. The molecule has 1 N–H and O–H groups in total. The van der Waals surface area contributed by atoms with Crippen molar-refractivity contribution in [2.24, 2.45) is 5.92 Å². The molecule has 0 unspecified atom stereocenters. The first-order chi connectivity index (χ1) is 14.7. The molecule has 30 heavy (non-hydrogen) atoms. The van der Waals surface area contributed by atoms with Gasteiger partial charge in [-0.05, 0) is 37.5 Å². The SMILES string of the molecule is C=CC(=O)N1CCC(C(=O)Nc2nc3ccccc3n2CCCn2ccnc2)CC1. The molecule has 0 bridgehead atoms. The van der Waals surface area contributed by atoms with E-state index in [9.17, 15) is 9.59 Å². The van der Waals surface area contributed by atoms with Gasteiger partial charge in [0, 0.05) is 44.5 Å². The molecule has 4 rings (SSSR count). The quantitative estimate of drug-likeness (QED) is 0.612. The van der Waals surface area contributed by atoms with Crippen molar-refractivity contribution < 1.29 is 9.59 Å². The van der Waals surface area contributed by atoms with Crippen LogP contribution < -0.4 is 5.32 Å². The molecule has 0 aliphatic carbocycles. The highest BCUT2D eigenvalue weighted by Crippen LogP contribution is 2.23. The molecule has 3 aromatic rings. The molecule has 1 aliphatic rings. The lowest BCUT2D eigenvalue weighted by atomic mass is 9.96. The van der Waals surface area contributed by atoms with Crippen LogP contribution in [0.2, 0.25) is 0 Å². The van der Waals surface area contributed by atoms with Crippen LogP contribution in [0.15, 0.2) is 55.6 Å². The van der Waals surface area contributed by atoms with Gasteiger partial charge in [-0.3, -0.25) is 14.9 Å². The molecule has 8 heteroatoms. The highest BCUT2D eigenvalue weighted by molar-refractivity contribution is 5.93. The van der Waals surface area contributed by atoms with Crippen molar-refractivity contribution in [2.45, 2.75) is 32.4 Å². The molecule has 1 fully saturated rings. The van der Waals surface area contributed by atoms with Gasteiger partial charge in [-0.25, -0.2) is 9.97 Å². The van der Waals surface area contributed by atoms with E-state index in [0.29, 0.717) is 31.9 Å². The number of carbonyl (C=O) groups is 2. The first kappa shape index (κ1) is 19.9.